The van der Waals surface area contributed by atoms with Gasteiger partial charge in [-0.15, -0.1) is 0 Å². The summed E-state index contributed by atoms with van der Waals surface area (Å²) in [7, 11) is 2.09. The highest BCUT2D eigenvalue weighted by atomic mass is 16.5. The molecule has 1 saturated heterocycles. The molecule has 1 atom stereocenters. The largest absolute Gasteiger partial charge is 0.469 e. The zero-order valence-corrected chi connectivity index (χ0v) is 11.0. The van der Waals surface area contributed by atoms with Crippen LogP contribution in [0.15, 0.2) is 27.3 Å². The third kappa shape index (κ3) is 2.85. The molecule has 0 aliphatic carbocycles. The van der Waals surface area contributed by atoms with Crippen molar-refractivity contribution in [1.29, 1.82) is 0 Å². The molecule has 0 spiro atoms. The number of nitrogens with one attached hydrogen (secondary N) is 1. The van der Waals surface area contributed by atoms with Crippen molar-refractivity contribution in [3.8, 4) is 0 Å². The fourth-order valence-electron chi connectivity index (χ4n) is 2.28. The van der Waals surface area contributed by atoms with Crippen molar-refractivity contribution in [2.75, 3.05) is 26.7 Å². The topological polar surface area (TPSA) is 67.3 Å². The van der Waals surface area contributed by atoms with E-state index in [-0.39, 0.29) is 6.04 Å². The molecule has 1 unspecified atom stereocenters. The number of aromatic nitrogens is 2. The molecule has 2 aromatic rings. The third-order valence-electron chi connectivity index (χ3n) is 3.46. The van der Waals surface area contributed by atoms with Crippen LogP contribution in [0.4, 0.5) is 0 Å². The summed E-state index contributed by atoms with van der Waals surface area (Å²) in [6.45, 7) is 2.88. The molecule has 0 saturated carbocycles. The van der Waals surface area contributed by atoms with Gasteiger partial charge >= 0.3 is 0 Å². The van der Waals surface area contributed by atoms with Crippen LogP contribution in [0.5, 0.6) is 0 Å². The van der Waals surface area contributed by atoms with E-state index in [4.69, 9.17) is 8.94 Å². The summed E-state index contributed by atoms with van der Waals surface area (Å²) in [6.07, 6.45) is 3.18. The Labute approximate surface area is 111 Å². The first-order chi connectivity index (χ1) is 9.33. The lowest BCUT2D eigenvalue weighted by atomic mass is 10.2. The highest BCUT2D eigenvalue weighted by molar-refractivity contribution is 5.02. The van der Waals surface area contributed by atoms with Crippen molar-refractivity contribution in [1.82, 2.24) is 20.4 Å². The average Bonchev–Trinajstić information content (AvgIpc) is 3.08. The lowest BCUT2D eigenvalue weighted by Crippen LogP contribution is -2.44. The van der Waals surface area contributed by atoms with Crippen LogP contribution < -0.4 is 5.32 Å². The first kappa shape index (κ1) is 12.4. The van der Waals surface area contributed by atoms with Crippen molar-refractivity contribution in [3.05, 3.63) is 35.9 Å². The first-order valence-corrected chi connectivity index (χ1v) is 6.59. The second kappa shape index (κ2) is 5.54. The molecule has 6 heteroatoms. The van der Waals surface area contributed by atoms with Crippen molar-refractivity contribution in [2.45, 2.75) is 18.9 Å². The monoisotopic (exact) mass is 262 g/mol. The van der Waals surface area contributed by atoms with Gasteiger partial charge in [0, 0.05) is 32.5 Å². The van der Waals surface area contributed by atoms with Crippen molar-refractivity contribution < 1.29 is 8.94 Å². The minimum absolute atomic E-state index is 0.204. The first-order valence-electron chi connectivity index (χ1n) is 6.59. The van der Waals surface area contributed by atoms with Gasteiger partial charge < -0.3 is 14.3 Å². The average molecular weight is 262 g/mol. The molecule has 102 valence electrons. The van der Waals surface area contributed by atoms with Gasteiger partial charge in [-0.05, 0) is 19.2 Å². The predicted molar refractivity (Wildman–Crippen MR) is 68.7 cm³/mol. The fourth-order valence-corrected chi connectivity index (χ4v) is 2.28. The van der Waals surface area contributed by atoms with E-state index >= 15 is 0 Å². The second-order valence-corrected chi connectivity index (χ2v) is 4.83. The molecule has 0 bridgehead atoms. The van der Waals surface area contributed by atoms with Gasteiger partial charge in [-0.3, -0.25) is 4.90 Å². The van der Waals surface area contributed by atoms with E-state index in [1.807, 2.05) is 12.1 Å². The van der Waals surface area contributed by atoms with Crippen molar-refractivity contribution in [3.63, 3.8) is 0 Å². The van der Waals surface area contributed by atoms with E-state index in [1.54, 1.807) is 6.26 Å². The Balaban J connectivity index is 1.62. The standard InChI is InChI=1S/C13H18N4O2/c1-17-7-6-14-9-11(17)13-15-12(19-16-13)5-4-10-3-2-8-18-10/h2-3,8,11,14H,4-7,9H2,1H3. The van der Waals surface area contributed by atoms with Crippen LogP contribution in [0, 0.1) is 0 Å². The molecule has 1 N–H and O–H groups in total. The maximum Gasteiger partial charge on any atom is 0.227 e. The van der Waals surface area contributed by atoms with E-state index in [1.165, 1.54) is 0 Å². The molecular formula is C13H18N4O2. The molecule has 2 aromatic heterocycles. The maximum absolute atomic E-state index is 5.31. The Kier molecular flexibility index (Phi) is 3.61. The SMILES string of the molecule is CN1CCNCC1c1noc(CCc2ccco2)n1. The van der Waals surface area contributed by atoms with Crippen LogP contribution in [-0.4, -0.2) is 41.7 Å². The highest BCUT2D eigenvalue weighted by Crippen LogP contribution is 2.18. The van der Waals surface area contributed by atoms with E-state index < -0.39 is 0 Å². The molecule has 0 radical (unpaired) electrons. The van der Waals surface area contributed by atoms with Crippen LogP contribution in [0.1, 0.15) is 23.5 Å². The minimum atomic E-state index is 0.204. The molecule has 6 nitrogen and oxygen atoms in total. The number of aryl methyl sites for hydroxylation is 2. The number of hydrogen-bond donors (Lipinski definition) is 1. The van der Waals surface area contributed by atoms with E-state index in [2.05, 4.69) is 27.4 Å². The minimum Gasteiger partial charge on any atom is -0.469 e. The number of nitrogens with zero attached hydrogens (tertiary/aromatic N) is 3. The zero-order valence-electron chi connectivity index (χ0n) is 11.0. The van der Waals surface area contributed by atoms with Gasteiger partial charge in [0.05, 0.1) is 12.3 Å². The molecule has 3 heterocycles. The van der Waals surface area contributed by atoms with Gasteiger partial charge in [-0.25, -0.2) is 0 Å². The maximum atomic E-state index is 5.31. The molecule has 0 aromatic carbocycles. The van der Waals surface area contributed by atoms with Crippen LogP contribution in [-0.2, 0) is 12.8 Å². The van der Waals surface area contributed by atoms with Crippen LogP contribution in [0.2, 0.25) is 0 Å². The molecule has 1 aliphatic rings. The third-order valence-corrected chi connectivity index (χ3v) is 3.46. The van der Waals surface area contributed by atoms with Crippen LogP contribution in [0.3, 0.4) is 0 Å². The number of rotatable bonds is 4. The highest BCUT2D eigenvalue weighted by Gasteiger charge is 2.25. The second-order valence-electron chi connectivity index (χ2n) is 4.83. The molecule has 0 amide bonds. The van der Waals surface area contributed by atoms with Gasteiger partial charge in [0.25, 0.3) is 0 Å². The quantitative estimate of drug-likeness (QED) is 0.887. The van der Waals surface area contributed by atoms with Crippen LogP contribution in [0.25, 0.3) is 0 Å². The van der Waals surface area contributed by atoms with Crippen molar-refractivity contribution >= 4 is 0 Å². The number of furan rings is 1. The summed E-state index contributed by atoms with van der Waals surface area (Å²) in [4.78, 5) is 6.73. The summed E-state index contributed by atoms with van der Waals surface area (Å²) >= 11 is 0. The van der Waals surface area contributed by atoms with E-state index in [9.17, 15) is 0 Å². The zero-order chi connectivity index (χ0) is 13.1. The van der Waals surface area contributed by atoms with Gasteiger partial charge in [0.1, 0.15) is 5.76 Å². The summed E-state index contributed by atoms with van der Waals surface area (Å²) in [5.41, 5.74) is 0. The Hall–Kier alpha value is -1.66. The van der Waals surface area contributed by atoms with E-state index in [0.29, 0.717) is 12.3 Å². The van der Waals surface area contributed by atoms with Gasteiger partial charge in [0.2, 0.25) is 5.89 Å². The fraction of sp³-hybridized carbons (Fsp3) is 0.538. The normalized spacial score (nSPS) is 20.8. The molecular weight excluding hydrogens is 244 g/mol. The lowest BCUT2D eigenvalue weighted by molar-refractivity contribution is 0.190. The molecule has 1 aliphatic heterocycles. The molecule has 3 rings (SSSR count). The van der Waals surface area contributed by atoms with Gasteiger partial charge in [-0.2, -0.15) is 4.98 Å². The Morgan fingerprint density at radius 2 is 2.42 bits per heavy atom. The molecule has 19 heavy (non-hydrogen) atoms. The number of hydrogen-bond acceptors (Lipinski definition) is 6. The summed E-state index contributed by atoms with van der Waals surface area (Å²) < 4.78 is 10.6. The number of likely N-dealkylation sites (N-methyl/N-ethyl adjacent to an activating group) is 1. The Morgan fingerprint density at radius 1 is 1.47 bits per heavy atom. The van der Waals surface area contributed by atoms with Crippen molar-refractivity contribution in [2.24, 2.45) is 0 Å². The van der Waals surface area contributed by atoms with Gasteiger partial charge in [0.15, 0.2) is 5.82 Å². The molecule has 1 fully saturated rings. The summed E-state index contributed by atoms with van der Waals surface area (Å²) in [5.74, 6) is 2.38. The number of piperazine rings is 1. The summed E-state index contributed by atoms with van der Waals surface area (Å²) in [5, 5.41) is 7.44. The van der Waals surface area contributed by atoms with Crippen LogP contribution >= 0.6 is 0 Å². The lowest BCUT2D eigenvalue weighted by Gasteiger charge is -2.30. The Morgan fingerprint density at radius 3 is 3.21 bits per heavy atom. The smallest absolute Gasteiger partial charge is 0.227 e. The van der Waals surface area contributed by atoms with Gasteiger partial charge in [-0.1, -0.05) is 5.16 Å². The summed E-state index contributed by atoms with van der Waals surface area (Å²) in [6, 6.07) is 4.04. The predicted octanol–water partition coefficient (Wildman–Crippen LogP) is 1.02. The van der Waals surface area contributed by atoms with E-state index in [0.717, 1.165) is 37.6 Å². The Bertz CT molecular complexity index is 508.